The molecule has 150 valence electrons. The van der Waals surface area contributed by atoms with Crippen molar-refractivity contribution in [1.82, 2.24) is 5.32 Å². The van der Waals surface area contributed by atoms with Gasteiger partial charge in [0.1, 0.15) is 22.8 Å². The highest BCUT2D eigenvalue weighted by molar-refractivity contribution is 6.32. The van der Waals surface area contributed by atoms with E-state index < -0.39 is 11.7 Å². The topological polar surface area (TPSA) is 56.8 Å². The first-order valence-corrected chi connectivity index (χ1v) is 9.79. The van der Waals surface area contributed by atoms with E-state index in [0.29, 0.717) is 23.6 Å². The maximum atomic E-state index is 13.0. The average molecular weight is 404 g/mol. The molecule has 0 saturated heterocycles. The minimum absolute atomic E-state index is 0.174. The molecule has 1 aliphatic rings. The maximum absolute atomic E-state index is 13.0. The number of amides is 1. The third-order valence-corrected chi connectivity index (χ3v) is 5.08. The number of hydrogen-bond donors (Lipinski definition) is 1. The molecule has 0 aromatic heterocycles. The van der Waals surface area contributed by atoms with E-state index in [-0.39, 0.29) is 11.9 Å². The van der Waals surface area contributed by atoms with Crippen LogP contribution in [0.5, 0.6) is 17.2 Å². The summed E-state index contributed by atoms with van der Waals surface area (Å²) in [7, 11) is 1.62. The second-order valence-electron chi connectivity index (χ2n) is 7.48. The first-order chi connectivity index (χ1) is 13.3. The molecule has 0 unspecified atom stereocenters. The quantitative estimate of drug-likeness (QED) is 0.743. The number of methoxy groups -OCH3 is 1. The molecule has 2 atom stereocenters. The van der Waals surface area contributed by atoms with E-state index in [4.69, 9.17) is 25.8 Å². The average Bonchev–Trinajstić information content (AvgIpc) is 2.65. The summed E-state index contributed by atoms with van der Waals surface area (Å²) in [5.74, 6) is 1.77. The summed E-state index contributed by atoms with van der Waals surface area (Å²) in [6, 6.07) is 12.6. The fourth-order valence-corrected chi connectivity index (χ4v) is 3.55. The van der Waals surface area contributed by atoms with Crippen LogP contribution in [0.25, 0.3) is 0 Å². The SMILES string of the molecule is CC[C@H](Oc1ccccc1Cl)C(=O)N[C@@H]1CC(C)(C)Oc2cc(OC)ccc21. The van der Waals surface area contributed by atoms with Crippen LogP contribution in [-0.2, 0) is 4.79 Å². The number of fused-ring (bicyclic) bond motifs is 1. The van der Waals surface area contributed by atoms with Crippen molar-refractivity contribution in [3.8, 4) is 17.2 Å². The van der Waals surface area contributed by atoms with Gasteiger partial charge in [0, 0.05) is 18.1 Å². The lowest BCUT2D eigenvalue weighted by molar-refractivity contribution is -0.129. The summed E-state index contributed by atoms with van der Waals surface area (Å²) in [6.45, 7) is 5.92. The number of carbonyl (C=O) groups excluding carboxylic acids is 1. The van der Waals surface area contributed by atoms with Crippen molar-refractivity contribution in [3.05, 3.63) is 53.1 Å². The van der Waals surface area contributed by atoms with Crippen molar-refractivity contribution in [3.63, 3.8) is 0 Å². The Balaban J connectivity index is 1.79. The number of rotatable bonds is 6. The van der Waals surface area contributed by atoms with Crippen LogP contribution in [0.4, 0.5) is 0 Å². The van der Waals surface area contributed by atoms with Gasteiger partial charge in [-0.1, -0.05) is 30.7 Å². The van der Waals surface area contributed by atoms with Gasteiger partial charge in [-0.15, -0.1) is 0 Å². The molecule has 3 rings (SSSR count). The van der Waals surface area contributed by atoms with Gasteiger partial charge in [-0.05, 0) is 44.5 Å². The van der Waals surface area contributed by atoms with Crippen LogP contribution in [0.3, 0.4) is 0 Å². The Kier molecular flexibility index (Phi) is 6.04. The first kappa shape index (κ1) is 20.3. The molecular weight excluding hydrogens is 378 g/mol. The van der Waals surface area contributed by atoms with E-state index in [1.165, 1.54) is 0 Å². The molecule has 2 aromatic carbocycles. The highest BCUT2D eigenvalue weighted by Gasteiger charge is 2.36. The van der Waals surface area contributed by atoms with Gasteiger partial charge in [-0.25, -0.2) is 0 Å². The second kappa shape index (κ2) is 8.31. The van der Waals surface area contributed by atoms with Gasteiger partial charge in [-0.2, -0.15) is 0 Å². The first-order valence-electron chi connectivity index (χ1n) is 9.41. The zero-order chi connectivity index (χ0) is 20.3. The monoisotopic (exact) mass is 403 g/mol. The van der Waals surface area contributed by atoms with Crippen LogP contribution in [0.15, 0.2) is 42.5 Å². The lowest BCUT2D eigenvalue weighted by Gasteiger charge is -2.38. The normalized spacial score (nSPS) is 18.4. The van der Waals surface area contributed by atoms with Crippen molar-refractivity contribution in [2.75, 3.05) is 7.11 Å². The summed E-state index contributed by atoms with van der Waals surface area (Å²) in [4.78, 5) is 13.0. The largest absolute Gasteiger partial charge is 0.497 e. The number of carbonyl (C=O) groups is 1. The van der Waals surface area contributed by atoms with Crippen LogP contribution >= 0.6 is 11.6 Å². The van der Waals surface area contributed by atoms with Crippen molar-refractivity contribution in [2.45, 2.75) is 51.4 Å². The molecule has 0 fully saturated rings. The molecule has 5 nitrogen and oxygen atoms in total. The molecule has 1 amide bonds. The Labute approximate surface area is 170 Å². The van der Waals surface area contributed by atoms with Crippen molar-refractivity contribution in [2.24, 2.45) is 0 Å². The number of halogens is 1. The van der Waals surface area contributed by atoms with Gasteiger partial charge >= 0.3 is 0 Å². The van der Waals surface area contributed by atoms with Gasteiger partial charge in [0.05, 0.1) is 18.2 Å². The van der Waals surface area contributed by atoms with Gasteiger partial charge in [0.2, 0.25) is 0 Å². The van der Waals surface area contributed by atoms with Crippen molar-refractivity contribution >= 4 is 17.5 Å². The predicted octanol–water partition coefficient (Wildman–Crippen LogP) is 4.92. The summed E-state index contributed by atoms with van der Waals surface area (Å²) in [5, 5.41) is 3.62. The van der Waals surface area contributed by atoms with Gasteiger partial charge in [0.25, 0.3) is 5.91 Å². The lowest BCUT2D eigenvalue weighted by Crippen LogP contribution is -2.45. The number of hydrogen-bond acceptors (Lipinski definition) is 4. The highest BCUT2D eigenvalue weighted by atomic mass is 35.5. The molecule has 0 spiro atoms. The minimum atomic E-state index is -0.632. The number of nitrogens with one attached hydrogen (secondary N) is 1. The predicted molar refractivity (Wildman–Crippen MR) is 109 cm³/mol. The van der Waals surface area contributed by atoms with Gasteiger partial charge < -0.3 is 19.5 Å². The fourth-order valence-electron chi connectivity index (χ4n) is 3.37. The Morgan fingerprint density at radius 2 is 2.07 bits per heavy atom. The summed E-state index contributed by atoms with van der Waals surface area (Å²) >= 11 is 6.17. The number of para-hydroxylation sites is 1. The molecule has 1 N–H and O–H groups in total. The molecule has 0 saturated carbocycles. The number of benzene rings is 2. The van der Waals surface area contributed by atoms with Crippen molar-refractivity contribution < 1.29 is 19.0 Å². The Morgan fingerprint density at radius 3 is 2.75 bits per heavy atom. The molecular formula is C22H26ClNO4. The molecule has 28 heavy (non-hydrogen) atoms. The standard InChI is InChI=1S/C22H26ClNO4/c1-5-18(27-19-9-7-6-8-16(19)23)21(25)24-17-13-22(2,3)28-20-12-14(26-4)10-11-15(17)20/h6-12,17-18H,5,13H2,1-4H3,(H,24,25)/t17-,18+/m1/s1. The molecule has 0 aliphatic carbocycles. The molecule has 0 radical (unpaired) electrons. The Bertz CT molecular complexity index is 852. The zero-order valence-corrected chi connectivity index (χ0v) is 17.4. The third kappa shape index (κ3) is 4.53. The molecule has 2 aromatic rings. The highest BCUT2D eigenvalue weighted by Crippen LogP contribution is 2.41. The second-order valence-corrected chi connectivity index (χ2v) is 7.88. The van der Waals surface area contributed by atoms with E-state index in [0.717, 1.165) is 17.1 Å². The molecule has 0 bridgehead atoms. The third-order valence-electron chi connectivity index (χ3n) is 4.76. The fraction of sp³-hybridized carbons (Fsp3) is 0.409. The summed E-state index contributed by atoms with van der Waals surface area (Å²) in [5.41, 5.74) is 0.517. The van der Waals surface area contributed by atoms with Gasteiger partial charge in [0.15, 0.2) is 6.10 Å². The van der Waals surface area contributed by atoms with Crippen LogP contribution in [0, 0.1) is 0 Å². The molecule has 1 aliphatic heterocycles. The van der Waals surface area contributed by atoms with E-state index in [1.54, 1.807) is 19.2 Å². The van der Waals surface area contributed by atoms with Crippen LogP contribution < -0.4 is 19.5 Å². The van der Waals surface area contributed by atoms with Crippen molar-refractivity contribution in [1.29, 1.82) is 0 Å². The van der Waals surface area contributed by atoms with Crippen LogP contribution in [-0.4, -0.2) is 24.7 Å². The smallest absolute Gasteiger partial charge is 0.261 e. The molecule has 6 heteroatoms. The van der Waals surface area contributed by atoms with Crippen LogP contribution in [0.2, 0.25) is 5.02 Å². The molecule has 1 heterocycles. The summed E-state index contributed by atoms with van der Waals surface area (Å²) < 4.78 is 17.3. The number of ether oxygens (including phenoxy) is 3. The minimum Gasteiger partial charge on any atom is -0.497 e. The summed E-state index contributed by atoms with van der Waals surface area (Å²) in [6.07, 6.45) is 0.548. The Hall–Kier alpha value is -2.40. The maximum Gasteiger partial charge on any atom is 0.261 e. The van der Waals surface area contributed by atoms with Gasteiger partial charge in [-0.3, -0.25) is 4.79 Å². The van der Waals surface area contributed by atoms with E-state index >= 15 is 0 Å². The zero-order valence-electron chi connectivity index (χ0n) is 16.6. The van der Waals surface area contributed by atoms with E-state index in [9.17, 15) is 4.79 Å². The van der Waals surface area contributed by atoms with E-state index in [1.807, 2.05) is 51.1 Å². The van der Waals surface area contributed by atoms with Crippen LogP contribution in [0.1, 0.15) is 45.2 Å². The Morgan fingerprint density at radius 1 is 1.32 bits per heavy atom. The lowest BCUT2D eigenvalue weighted by atomic mass is 9.89. The van der Waals surface area contributed by atoms with E-state index in [2.05, 4.69) is 5.32 Å².